The molecule has 2 nitrogen and oxygen atoms in total. The third-order valence-electron chi connectivity index (χ3n) is 3.18. The van der Waals surface area contributed by atoms with Crippen molar-refractivity contribution in [1.29, 1.82) is 0 Å². The first kappa shape index (κ1) is 12.4. The first-order valence-corrected chi connectivity index (χ1v) is 6.49. The molecule has 0 saturated carbocycles. The highest BCUT2D eigenvalue weighted by Gasteiger charge is 2.29. The van der Waals surface area contributed by atoms with E-state index in [0.29, 0.717) is 5.92 Å². The van der Waals surface area contributed by atoms with Crippen molar-refractivity contribution in [3.05, 3.63) is 46.5 Å². The van der Waals surface area contributed by atoms with Crippen LogP contribution in [0, 0.1) is 11.8 Å². The number of hydrogen-bond donors (Lipinski definition) is 0. The Morgan fingerprint density at radius 2 is 2.12 bits per heavy atom. The van der Waals surface area contributed by atoms with E-state index in [1.165, 1.54) is 12.7 Å². The van der Waals surface area contributed by atoms with Crippen molar-refractivity contribution >= 4 is 21.9 Å². The fraction of sp³-hybridized carbons (Fsp3) is 0.357. The Labute approximate surface area is 110 Å². The van der Waals surface area contributed by atoms with Crippen molar-refractivity contribution in [3.8, 4) is 0 Å². The maximum absolute atomic E-state index is 11.8. The van der Waals surface area contributed by atoms with Gasteiger partial charge < -0.3 is 4.74 Å². The smallest absolute Gasteiger partial charge is 0.309 e. The SMILES string of the molecule is COC(=O)[C@H](Cc1ccc(Br)cc1)C1C=CC1. The van der Waals surface area contributed by atoms with Crippen LogP contribution in [0.2, 0.25) is 0 Å². The molecule has 0 heterocycles. The van der Waals surface area contributed by atoms with Crippen LogP contribution in [-0.4, -0.2) is 13.1 Å². The van der Waals surface area contributed by atoms with E-state index in [1.807, 2.05) is 24.3 Å². The molecular formula is C14H15BrO2. The van der Waals surface area contributed by atoms with Gasteiger partial charge in [-0.1, -0.05) is 40.2 Å². The summed E-state index contributed by atoms with van der Waals surface area (Å²) < 4.78 is 5.94. The number of hydrogen-bond acceptors (Lipinski definition) is 2. The molecule has 0 aliphatic heterocycles. The van der Waals surface area contributed by atoms with E-state index in [2.05, 4.69) is 28.1 Å². The second-order valence-electron chi connectivity index (χ2n) is 4.29. The van der Waals surface area contributed by atoms with Gasteiger partial charge in [-0.25, -0.2) is 0 Å². The van der Waals surface area contributed by atoms with E-state index in [9.17, 15) is 4.79 Å². The van der Waals surface area contributed by atoms with Crippen molar-refractivity contribution in [3.63, 3.8) is 0 Å². The van der Waals surface area contributed by atoms with Crippen LogP contribution < -0.4 is 0 Å². The predicted molar refractivity (Wildman–Crippen MR) is 70.6 cm³/mol. The minimum atomic E-state index is -0.109. The molecule has 3 heteroatoms. The first-order chi connectivity index (χ1) is 8.20. The van der Waals surface area contributed by atoms with Gasteiger partial charge in [0.15, 0.2) is 0 Å². The highest BCUT2D eigenvalue weighted by molar-refractivity contribution is 9.10. The van der Waals surface area contributed by atoms with Crippen LogP contribution in [0.5, 0.6) is 0 Å². The molecule has 0 N–H and O–H groups in total. The van der Waals surface area contributed by atoms with Gasteiger partial charge in [-0.15, -0.1) is 0 Å². The number of halogens is 1. The topological polar surface area (TPSA) is 26.3 Å². The van der Waals surface area contributed by atoms with Gasteiger partial charge >= 0.3 is 5.97 Å². The summed E-state index contributed by atoms with van der Waals surface area (Å²) in [6, 6.07) is 8.09. The number of methoxy groups -OCH3 is 1. The second kappa shape index (κ2) is 5.50. The average Bonchev–Trinajstić information content (AvgIpc) is 2.27. The molecule has 0 aromatic heterocycles. The molecule has 90 valence electrons. The van der Waals surface area contributed by atoms with Crippen LogP contribution in [0.3, 0.4) is 0 Å². The lowest BCUT2D eigenvalue weighted by atomic mass is 9.79. The van der Waals surface area contributed by atoms with Crippen molar-refractivity contribution in [2.24, 2.45) is 11.8 Å². The summed E-state index contributed by atoms with van der Waals surface area (Å²) in [7, 11) is 1.46. The Morgan fingerprint density at radius 3 is 2.59 bits per heavy atom. The Bertz CT molecular complexity index is 422. The van der Waals surface area contributed by atoms with Gasteiger partial charge in [0.2, 0.25) is 0 Å². The van der Waals surface area contributed by atoms with Gasteiger partial charge in [0.05, 0.1) is 13.0 Å². The predicted octanol–water partition coefficient (Wildman–Crippen LogP) is 3.36. The van der Waals surface area contributed by atoms with E-state index in [-0.39, 0.29) is 11.9 Å². The fourth-order valence-electron chi connectivity index (χ4n) is 2.03. The van der Waals surface area contributed by atoms with E-state index in [0.717, 1.165) is 17.3 Å². The Kier molecular flexibility index (Phi) is 4.00. The zero-order chi connectivity index (χ0) is 12.3. The van der Waals surface area contributed by atoms with E-state index in [1.54, 1.807) is 0 Å². The molecule has 0 saturated heterocycles. The minimum absolute atomic E-state index is 0.0498. The number of benzene rings is 1. The molecule has 2 atom stereocenters. The van der Waals surface area contributed by atoms with Crippen LogP contribution in [0.25, 0.3) is 0 Å². The zero-order valence-electron chi connectivity index (χ0n) is 9.73. The Hall–Kier alpha value is -1.09. The maximum atomic E-state index is 11.8. The third-order valence-corrected chi connectivity index (χ3v) is 3.71. The molecule has 0 bridgehead atoms. The normalized spacial score (nSPS) is 19.5. The highest BCUT2D eigenvalue weighted by Crippen LogP contribution is 2.29. The molecule has 0 spiro atoms. The monoisotopic (exact) mass is 294 g/mol. The molecule has 1 unspecified atom stereocenters. The standard InChI is InChI=1S/C14H15BrO2/c1-17-14(16)13(11-3-2-4-11)9-10-5-7-12(15)8-6-10/h2-3,5-8,11,13H,4,9H2,1H3/t11?,13-/m1/s1. The average molecular weight is 295 g/mol. The Morgan fingerprint density at radius 1 is 1.47 bits per heavy atom. The van der Waals surface area contributed by atoms with Crippen LogP contribution in [0.1, 0.15) is 12.0 Å². The lowest BCUT2D eigenvalue weighted by Gasteiger charge is -2.26. The molecule has 2 rings (SSSR count). The summed E-state index contributed by atoms with van der Waals surface area (Å²) in [6.45, 7) is 0. The highest BCUT2D eigenvalue weighted by atomic mass is 79.9. The van der Waals surface area contributed by atoms with Crippen molar-refractivity contribution in [2.45, 2.75) is 12.8 Å². The number of carbonyl (C=O) groups is 1. The molecule has 0 radical (unpaired) electrons. The molecule has 17 heavy (non-hydrogen) atoms. The quantitative estimate of drug-likeness (QED) is 0.629. The van der Waals surface area contributed by atoms with Crippen LogP contribution in [0.15, 0.2) is 40.9 Å². The summed E-state index contributed by atoms with van der Waals surface area (Å²) >= 11 is 3.41. The molecule has 1 aromatic carbocycles. The van der Waals surface area contributed by atoms with Gasteiger partial charge in [-0.3, -0.25) is 4.79 Å². The lowest BCUT2D eigenvalue weighted by Crippen LogP contribution is -2.28. The summed E-state index contributed by atoms with van der Waals surface area (Å²) in [5.74, 6) is 0.180. The van der Waals surface area contributed by atoms with Crippen LogP contribution >= 0.6 is 15.9 Å². The number of allylic oxidation sites excluding steroid dienone is 2. The van der Waals surface area contributed by atoms with Crippen molar-refractivity contribution in [1.82, 2.24) is 0 Å². The molecule has 0 amide bonds. The first-order valence-electron chi connectivity index (χ1n) is 5.69. The van der Waals surface area contributed by atoms with E-state index in [4.69, 9.17) is 4.74 Å². The van der Waals surface area contributed by atoms with Crippen molar-refractivity contribution in [2.75, 3.05) is 7.11 Å². The Balaban J connectivity index is 2.09. The summed E-state index contributed by atoms with van der Waals surface area (Å²) in [6.07, 6.45) is 5.92. The van der Waals surface area contributed by atoms with Crippen LogP contribution in [-0.2, 0) is 16.0 Å². The summed E-state index contributed by atoms with van der Waals surface area (Å²) in [5.41, 5.74) is 1.17. The fourth-order valence-corrected chi connectivity index (χ4v) is 2.29. The number of carbonyl (C=O) groups excluding carboxylic acids is 1. The zero-order valence-corrected chi connectivity index (χ0v) is 11.3. The van der Waals surface area contributed by atoms with Gasteiger partial charge in [0, 0.05) is 4.47 Å². The molecule has 1 aromatic rings. The summed E-state index contributed by atoms with van der Waals surface area (Å²) in [4.78, 5) is 11.8. The van der Waals surface area contributed by atoms with Crippen LogP contribution in [0.4, 0.5) is 0 Å². The van der Waals surface area contributed by atoms with Gasteiger partial charge in [-0.2, -0.15) is 0 Å². The van der Waals surface area contributed by atoms with Gasteiger partial charge in [0.25, 0.3) is 0 Å². The van der Waals surface area contributed by atoms with Gasteiger partial charge in [-0.05, 0) is 36.5 Å². The van der Waals surface area contributed by atoms with Crippen molar-refractivity contribution < 1.29 is 9.53 Å². The molecule has 1 aliphatic rings. The minimum Gasteiger partial charge on any atom is -0.469 e. The molecular weight excluding hydrogens is 280 g/mol. The maximum Gasteiger partial charge on any atom is 0.309 e. The second-order valence-corrected chi connectivity index (χ2v) is 5.20. The number of ether oxygens (including phenoxy) is 1. The molecule has 1 aliphatic carbocycles. The number of esters is 1. The van der Waals surface area contributed by atoms with E-state index < -0.39 is 0 Å². The summed E-state index contributed by atoms with van der Waals surface area (Å²) in [5, 5.41) is 0. The third kappa shape index (κ3) is 2.97. The van der Waals surface area contributed by atoms with Gasteiger partial charge in [0.1, 0.15) is 0 Å². The lowest BCUT2D eigenvalue weighted by molar-refractivity contribution is -0.146. The largest absolute Gasteiger partial charge is 0.469 e. The molecule has 0 fully saturated rings. The van der Waals surface area contributed by atoms with E-state index >= 15 is 0 Å². The number of rotatable bonds is 4.